The zero-order chi connectivity index (χ0) is 17.2. The maximum Gasteiger partial charge on any atom is 0.100 e. The highest BCUT2D eigenvalue weighted by Gasteiger charge is 2.20. The van der Waals surface area contributed by atoms with Crippen molar-refractivity contribution >= 4 is 5.71 Å². The first kappa shape index (κ1) is 15.6. The number of oxime groups is 1. The molecule has 0 atom stereocenters. The van der Waals surface area contributed by atoms with Crippen LogP contribution in [-0.2, 0) is 13.0 Å². The summed E-state index contributed by atoms with van der Waals surface area (Å²) in [6.07, 6.45) is 8.46. The number of hydrogen-bond donors (Lipinski definition) is 1. The molecule has 0 bridgehead atoms. The number of nitrogens with zero attached hydrogens (tertiary/aromatic N) is 4. The zero-order valence-electron chi connectivity index (χ0n) is 14.2. The molecule has 25 heavy (non-hydrogen) atoms. The largest absolute Gasteiger partial charge is 0.411 e. The van der Waals surface area contributed by atoms with Crippen LogP contribution in [-0.4, -0.2) is 25.7 Å². The molecule has 1 aromatic carbocycles. The summed E-state index contributed by atoms with van der Waals surface area (Å²) < 4.78 is 2.01. The minimum absolute atomic E-state index is 0.776. The van der Waals surface area contributed by atoms with Gasteiger partial charge in [0.05, 0.1) is 5.71 Å². The minimum Gasteiger partial charge on any atom is -0.411 e. The van der Waals surface area contributed by atoms with Crippen LogP contribution in [0.3, 0.4) is 0 Å². The Morgan fingerprint density at radius 2 is 1.92 bits per heavy atom. The molecule has 0 saturated carbocycles. The maximum absolute atomic E-state index is 9.12. The van der Waals surface area contributed by atoms with E-state index in [0.717, 1.165) is 59.5 Å². The third-order valence-corrected chi connectivity index (χ3v) is 4.65. The van der Waals surface area contributed by atoms with Gasteiger partial charge in [-0.25, -0.2) is 0 Å². The van der Waals surface area contributed by atoms with Crippen molar-refractivity contribution in [3.8, 4) is 22.4 Å². The van der Waals surface area contributed by atoms with Gasteiger partial charge in [0.2, 0.25) is 0 Å². The number of benzene rings is 1. The van der Waals surface area contributed by atoms with Crippen molar-refractivity contribution in [2.24, 2.45) is 5.16 Å². The fraction of sp³-hybridized carbons (Fsp3) is 0.250. The van der Waals surface area contributed by atoms with Crippen molar-refractivity contribution < 1.29 is 5.21 Å². The Kier molecular flexibility index (Phi) is 4.06. The second-order valence-electron chi connectivity index (χ2n) is 6.31. The van der Waals surface area contributed by atoms with Crippen molar-refractivity contribution in [3.05, 3.63) is 60.0 Å². The maximum atomic E-state index is 9.12. The van der Waals surface area contributed by atoms with E-state index in [0.29, 0.717) is 0 Å². The summed E-state index contributed by atoms with van der Waals surface area (Å²) in [7, 11) is 0. The van der Waals surface area contributed by atoms with E-state index in [1.54, 1.807) is 12.4 Å². The first-order valence-corrected chi connectivity index (χ1v) is 8.62. The van der Waals surface area contributed by atoms with Gasteiger partial charge in [0.15, 0.2) is 0 Å². The van der Waals surface area contributed by atoms with Crippen LogP contribution in [0.2, 0.25) is 0 Å². The molecule has 2 heterocycles. The van der Waals surface area contributed by atoms with Gasteiger partial charge in [-0.15, -0.1) is 0 Å². The summed E-state index contributed by atoms with van der Waals surface area (Å²) in [6, 6.07) is 10.3. The first-order chi connectivity index (χ1) is 12.3. The monoisotopic (exact) mass is 332 g/mol. The predicted octanol–water partition coefficient (Wildman–Crippen LogP) is 4.15. The molecule has 1 aliphatic carbocycles. The van der Waals surface area contributed by atoms with E-state index in [1.165, 1.54) is 5.56 Å². The summed E-state index contributed by atoms with van der Waals surface area (Å²) in [5.74, 6) is 0. The van der Waals surface area contributed by atoms with E-state index < -0.39 is 0 Å². The molecule has 0 aliphatic heterocycles. The predicted molar refractivity (Wildman–Crippen MR) is 97.8 cm³/mol. The van der Waals surface area contributed by atoms with Crippen LogP contribution in [0.15, 0.2) is 54.1 Å². The van der Waals surface area contributed by atoms with Gasteiger partial charge in [-0.05, 0) is 42.5 Å². The number of hydrogen-bond acceptors (Lipinski definition) is 4. The fourth-order valence-electron chi connectivity index (χ4n) is 3.44. The Morgan fingerprint density at radius 1 is 1.08 bits per heavy atom. The van der Waals surface area contributed by atoms with E-state index in [1.807, 2.05) is 16.8 Å². The van der Waals surface area contributed by atoms with Crippen molar-refractivity contribution in [2.75, 3.05) is 0 Å². The van der Waals surface area contributed by atoms with Crippen LogP contribution in [0.1, 0.15) is 30.9 Å². The molecule has 5 heteroatoms. The van der Waals surface area contributed by atoms with E-state index in [9.17, 15) is 0 Å². The third kappa shape index (κ3) is 2.82. The molecule has 0 saturated heterocycles. The second kappa shape index (κ2) is 6.51. The summed E-state index contributed by atoms with van der Waals surface area (Å²) in [6.45, 7) is 3.04. The lowest BCUT2D eigenvalue weighted by molar-refractivity contribution is 0.318. The van der Waals surface area contributed by atoms with Crippen LogP contribution in [0.4, 0.5) is 0 Å². The van der Waals surface area contributed by atoms with Gasteiger partial charge in [-0.3, -0.25) is 9.67 Å². The standard InChI is InChI=1S/C20H20N4O/c1-2-11-24-13-18(20(22-24)14-7-9-21-10-8-14)16-3-5-17-15(12-16)4-6-19(17)23-25/h3,5,7-10,12-13,25H,2,4,6,11H2,1H3/b23-19+. The van der Waals surface area contributed by atoms with Crippen molar-refractivity contribution in [1.29, 1.82) is 0 Å². The Bertz CT molecular complexity index is 928. The summed E-state index contributed by atoms with van der Waals surface area (Å²) in [4.78, 5) is 4.11. The SMILES string of the molecule is CCCn1cc(-c2ccc3c(c2)CC/C3=N\O)c(-c2ccncc2)n1. The molecule has 126 valence electrons. The number of rotatable bonds is 4. The number of pyridine rings is 1. The highest BCUT2D eigenvalue weighted by atomic mass is 16.4. The summed E-state index contributed by atoms with van der Waals surface area (Å²) in [5.41, 5.74) is 7.37. The van der Waals surface area contributed by atoms with Gasteiger partial charge in [0.1, 0.15) is 5.69 Å². The number of aryl methyl sites for hydroxylation is 2. The average Bonchev–Trinajstić information content (AvgIpc) is 3.26. The summed E-state index contributed by atoms with van der Waals surface area (Å²) >= 11 is 0. The molecule has 0 unspecified atom stereocenters. The topological polar surface area (TPSA) is 63.3 Å². The van der Waals surface area contributed by atoms with Crippen LogP contribution >= 0.6 is 0 Å². The van der Waals surface area contributed by atoms with Crippen LogP contribution < -0.4 is 0 Å². The lowest BCUT2D eigenvalue weighted by atomic mass is 9.98. The molecule has 1 aliphatic rings. The van der Waals surface area contributed by atoms with Crippen LogP contribution in [0.5, 0.6) is 0 Å². The van der Waals surface area contributed by atoms with Gasteiger partial charge < -0.3 is 5.21 Å². The molecule has 0 fully saturated rings. The Morgan fingerprint density at radius 3 is 2.68 bits per heavy atom. The Labute approximate surface area is 146 Å². The number of fused-ring (bicyclic) bond motifs is 1. The molecule has 0 amide bonds. The third-order valence-electron chi connectivity index (χ3n) is 4.65. The Balaban J connectivity index is 1.82. The highest BCUT2D eigenvalue weighted by Crippen LogP contribution is 2.34. The van der Waals surface area contributed by atoms with Gasteiger partial charge in [-0.2, -0.15) is 5.10 Å². The van der Waals surface area contributed by atoms with Crippen molar-refractivity contribution in [1.82, 2.24) is 14.8 Å². The molecular formula is C20H20N4O. The average molecular weight is 332 g/mol. The van der Waals surface area contributed by atoms with Gasteiger partial charge >= 0.3 is 0 Å². The van der Waals surface area contributed by atoms with E-state index >= 15 is 0 Å². The molecule has 5 nitrogen and oxygen atoms in total. The normalized spacial score (nSPS) is 14.8. The summed E-state index contributed by atoms with van der Waals surface area (Å²) in [5, 5.41) is 17.3. The lowest BCUT2D eigenvalue weighted by Gasteiger charge is -2.05. The molecular weight excluding hydrogens is 312 g/mol. The lowest BCUT2D eigenvalue weighted by Crippen LogP contribution is -1.96. The smallest absolute Gasteiger partial charge is 0.100 e. The molecule has 0 radical (unpaired) electrons. The van der Waals surface area contributed by atoms with E-state index in [4.69, 9.17) is 10.3 Å². The molecule has 3 aromatic rings. The minimum atomic E-state index is 0.776. The number of aromatic nitrogens is 3. The van der Waals surface area contributed by atoms with Gasteiger partial charge in [-0.1, -0.05) is 30.3 Å². The van der Waals surface area contributed by atoms with E-state index in [2.05, 4.69) is 41.5 Å². The zero-order valence-corrected chi connectivity index (χ0v) is 14.2. The molecule has 2 aromatic heterocycles. The van der Waals surface area contributed by atoms with Crippen molar-refractivity contribution in [2.45, 2.75) is 32.7 Å². The van der Waals surface area contributed by atoms with Crippen LogP contribution in [0.25, 0.3) is 22.4 Å². The second-order valence-corrected chi connectivity index (χ2v) is 6.31. The molecule has 4 rings (SSSR count). The van der Waals surface area contributed by atoms with Crippen molar-refractivity contribution in [3.63, 3.8) is 0 Å². The van der Waals surface area contributed by atoms with Gasteiger partial charge in [0, 0.05) is 41.8 Å². The van der Waals surface area contributed by atoms with Gasteiger partial charge in [0.25, 0.3) is 0 Å². The molecule has 0 spiro atoms. The quantitative estimate of drug-likeness (QED) is 0.577. The first-order valence-electron chi connectivity index (χ1n) is 8.62. The Hall–Kier alpha value is -2.95. The van der Waals surface area contributed by atoms with E-state index in [-0.39, 0.29) is 0 Å². The highest BCUT2D eigenvalue weighted by molar-refractivity contribution is 6.04. The molecule has 1 N–H and O–H groups in total. The van der Waals surface area contributed by atoms with Crippen LogP contribution in [0, 0.1) is 0 Å². The fourth-order valence-corrected chi connectivity index (χ4v) is 3.44.